The van der Waals surface area contributed by atoms with Crippen LogP contribution in [0.3, 0.4) is 0 Å². The van der Waals surface area contributed by atoms with Gasteiger partial charge in [0.15, 0.2) is 12.6 Å². The number of guanidine groups is 1. The topological polar surface area (TPSA) is 97.2 Å². The Bertz CT molecular complexity index is 831. The van der Waals surface area contributed by atoms with Crippen molar-refractivity contribution in [1.82, 2.24) is 4.90 Å². The van der Waals surface area contributed by atoms with Gasteiger partial charge >= 0.3 is 0 Å². The van der Waals surface area contributed by atoms with E-state index in [1.807, 2.05) is 48.5 Å². The Morgan fingerprint density at radius 2 is 1.66 bits per heavy atom. The lowest BCUT2D eigenvalue weighted by Gasteiger charge is -2.36. The maximum Gasteiger partial charge on any atom is 0.255 e. The van der Waals surface area contributed by atoms with Crippen LogP contribution in [0.4, 0.5) is 5.69 Å². The lowest BCUT2D eigenvalue weighted by atomic mass is 10.1. The van der Waals surface area contributed by atoms with Crippen molar-refractivity contribution in [2.45, 2.75) is 6.42 Å². The average Bonchev–Trinajstić information content (AvgIpc) is 2.74. The number of hydrogen-bond donors (Lipinski definition) is 2. The Kier molecular flexibility index (Phi) is 7.19. The number of nitrogens with zero attached hydrogens (tertiary/aromatic N) is 3. The number of amides is 1. The van der Waals surface area contributed by atoms with Crippen LogP contribution in [-0.2, 0) is 11.2 Å². The van der Waals surface area contributed by atoms with E-state index in [0.29, 0.717) is 18.3 Å². The van der Waals surface area contributed by atoms with Crippen molar-refractivity contribution in [2.24, 2.45) is 16.5 Å². The van der Waals surface area contributed by atoms with E-state index in [1.54, 1.807) is 0 Å². The number of aliphatic imine (C=N–C) groups is 1. The number of hydrogen-bond acceptors (Lipinski definition) is 4. The lowest BCUT2D eigenvalue weighted by molar-refractivity contribution is -0.119. The Balaban J connectivity index is 1.43. The molecule has 1 saturated heterocycles. The molecule has 1 amide bonds. The quantitative estimate of drug-likeness (QED) is 0.531. The van der Waals surface area contributed by atoms with Crippen molar-refractivity contribution >= 4 is 29.2 Å². The minimum absolute atomic E-state index is 0.120. The fraction of sp³-hybridized carbons (Fsp3) is 0.333. The molecular weight excluding hydrogens is 390 g/mol. The summed E-state index contributed by atoms with van der Waals surface area (Å²) in [7, 11) is 0. The first-order valence-corrected chi connectivity index (χ1v) is 9.94. The molecule has 3 rings (SSSR count). The molecule has 1 heterocycles. The van der Waals surface area contributed by atoms with Gasteiger partial charge in [-0.15, -0.1) is 0 Å². The molecule has 0 spiro atoms. The van der Waals surface area contributed by atoms with Gasteiger partial charge < -0.3 is 26.0 Å². The summed E-state index contributed by atoms with van der Waals surface area (Å²) >= 11 is 5.96. The van der Waals surface area contributed by atoms with Crippen molar-refractivity contribution in [3.63, 3.8) is 0 Å². The summed E-state index contributed by atoms with van der Waals surface area (Å²) in [6.07, 6.45) is 0.779. The van der Waals surface area contributed by atoms with Gasteiger partial charge in [-0.2, -0.15) is 0 Å². The number of carbonyl (C=O) groups is 1. The smallest absolute Gasteiger partial charge is 0.255 e. The van der Waals surface area contributed by atoms with Gasteiger partial charge in [0, 0.05) is 43.4 Å². The number of rotatable bonds is 7. The monoisotopic (exact) mass is 415 g/mol. The molecule has 8 heteroatoms. The third-order valence-electron chi connectivity index (χ3n) is 4.77. The highest BCUT2D eigenvalue weighted by atomic mass is 35.5. The van der Waals surface area contributed by atoms with Crippen molar-refractivity contribution in [3.05, 3.63) is 59.1 Å². The molecule has 1 aliphatic rings. The Morgan fingerprint density at radius 3 is 2.28 bits per heavy atom. The SMILES string of the molecule is NC(=O)COc1ccc(CCN=C(N)N2CCN(c3ccc(Cl)cc3)CC2)cc1. The summed E-state index contributed by atoms with van der Waals surface area (Å²) in [5.41, 5.74) is 13.6. The first kappa shape index (κ1) is 20.8. The maximum absolute atomic E-state index is 10.7. The van der Waals surface area contributed by atoms with Crippen LogP contribution in [0.25, 0.3) is 0 Å². The number of nitrogens with two attached hydrogens (primary N) is 2. The number of anilines is 1. The van der Waals surface area contributed by atoms with Gasteiger partial charge in [0.05, 0.1) is 0 Å². The van der Waals surface area contributed by atoms with Gasteiger partial charge in [0.2, 0.25) is 0 Å². The van der Waals surface area contributed by atoms with Gasteiger partial charge in [0.1, 0.15) is 5.75 Å². The molecule has 0 bridgehead atoms. The van der Waals surface area contributed by atoms with Gasteiger partial charge in [-0.1, -0.05) is 23.7 Å². The van der Waals surface area contributed by atoms with Crippen LogP contribution in [0.2, 0.25) is 5.02 Å². The number of primary amides is 1. The molecule has 0 atom stereocenters. The Labute approximate surface area is 175 Å². The summed E-state index contributed by atoms with van der Waals surface area (Å²) in [5, 5.41) is 0.747. The molecule has 1 fully saturated rings. The average molecular weight is 416 g/mol. The molecule has 154 valence electrons. The molecule has 1 aliphatic heterocycles. The normalized spacial score (nSPS) is 14.7. The van der Waals surface area contributed by atoms with Crippen LogP contribution in [0.15, 0.2) is 53.5 Å². The van der Waals surface area contributed by atoms with Crippen molar-refractivity contribution in [3.8, 4) is 5.75 Å². The molecule has 2 aromatic carbocycles. The highest BCUT2D eigenvalue weighted by molar-refractivity contribution is 6.30. The van der Waals surface area contributed by atoms with Crippen molar-refractivity contribution < 1.29 is 9.53 Å². The molecule has 0 radical (unpaired) electrons. The number of carbonyl (C=O) groups excluding carboxylic acids is 1. The minimum atomic E-state index is -0.493. The van der Waals surface area contributed by atoms with E-state index in [9.17, 15) is 4.79 Å². The molecule has 4 N–H and O–H groups in total. The van der Waals surface area contributed by atoms with Crippen LogP contribution in [0.5, 0.6) is 5.75 Å². The maximum atomic E-state index is 10.7. The fourth-order valence-corrected chi connectivity index (χ4v) is 3.28. The van der Waals surface area contributed by atoms with Gasteiger partial charge in [0.25, 0.3) is 5.91 Å². The number of halogens is 1. The summed E-state index contributed by atoms with van der Waals surface area (Å²) in [5.74, 6) is 0.712. The summed E-state index contributed by atoms with van der Waals surface area (Å²) in [6, 6.07) is 15.5. The molecule has 0 aliphatic carbocycles. The van der Waals surface area contributed by atoms with Crippen molar-refractivity contribution in [2.75, 3.05) is 44.2 Å². The van der Waals surface area contributed by atoms with Gasteiger partial charge in [-0.05, 0) is 48.4 Å². The van der Waals surface area contributed by atoms with E-state index in [-0.39, 0.29) is 6.61 Å². The molecule has 29 heavy (non-hydrogen) atoms. The summed E-state index contributed by atoms with van der Waals surface area (Å²) in [6.45, 7) is 3.96. The Hall–Kier alpha value is -2.93. The van der Waals surface area contributed by atoms with Gasteiger partial charge in [-0.3, -0.25) is 9.79 Å². The van der Waals surface area contributed by atoms with E-state index >= 15 is 0 Å². The number of ether oxygens (including phenoxy) is 1. The fourth-order valence-electron chi connectivity index (χ4n) is 3.15. The third kappa shape index (κ3) is 6.29. The zero-order chi connectivity index (χ0) is 20.6. The number of benzene rings is 2. The molecule has 0 unspecified atom stereocenters. The lowest BCUT2D eigenvalue weighted by Crippen LogP contribution is -2.51. The van der Waals surface area contributed by atoms with E-state index in [2.05, 4.69) is 14.8 Å². The van der Waals surface area contributed by atoms with Crippen LogP contribution in [-0.4, -0.2) is 56.1 Å². The predicted molar refractivity (Wildman–Crippen MR) is 117 cm³/mol. The van der Waals surface area contributed by atoms with E-state index in [1.165, 1.54) is 5.69 Å². The zero-order valence-electron chi connectivity index (χ0n) is 16.3. The van der Waals surface area contributed by atoms with Crippen LogP contribution >= 0.6 is 11.6 Å². The summed E-state index contributed by atoms with van der Waals surface area (Å²) in [4.78, 5) is 19.7. The highest BCUT2D eigenvalue weighted by Crippen LogP contribution is 2.19. The standard InChI is InChI=1S/C21H26ClN5O2/c22-17-3-5-18(6-4-17)26-11-13-27(14-12-26)21(24)25-10-9-16-1-7-19(8-2-16)29-15-20(23)28/h1-8H,9-15H2,(H2,23,28)(H2,24,25). The molecule has 7 nitrogen and oxygen atoms in total. The van der Waals surface area contributed by atoms with E-state index in [4.69, 9.17) is 27.8 Å². The minimum Gasteiger partial charge on any atom is -0.484 e. The number of piperazine rings is 1. The van der Waals surface area contributed by atoms with E-state index < -0.39 is 5.91 Å². The third-order valence-corrected chi connectivity index (χ3v) is 5.03. The Morgan fingerprint density at radius 1 is 1.00 bits per heavy atom. The predicted octanol–water partition coefficient (Wildman–Crippen LogP) is 1.88. The summed E-state index contributed by atoms with van der Waals surface area (Å²) < 4.78 is 5.25. The highest BCUT2D eigenvalue weighted by Gasteiger charge is 2.18. The zero-order valence-corrected chi connectivity index (χ0v) is 17.0. The van der Waals surface area contributed by atoms with Crippen molar-refractivity contribution in [1.29, 1.82) is 0 Å². The van der Waals surface area contributed by atoms with Crippen LogP contribution in [0.1, 0.15) is 5.56 Å². The second-order valence-corrected chi connectivity index (χ2v) is 7.28. The molecule has 0 aromatic heterocycles. The van der Waals surface area contributed by atoms with Crippen LogP contribution in [0, 0.1) is 0 Å². The van der Waals surface area contributed by atoms with Crippen LogP contribution < -0.4 is 21.1 Å². The molecule has 0 saturated carbocycles. The van der Waals surface area contributed by atoms with Gasteiger partial charge in [-0.25, -0.2) is 0 Å². The first-order valence-electron chi connectivity index (χ1n) is 9.57. The first-order chi connectivity index (χ1) is 14.0. The van der Waals surface area contributed by atoms with E-state index in [0.717, 1.165) is 43.2 Å². The largest absolute Gasteiger partial charge is 0.484 e. The second kappa shape index (κ2) is 10.0. The molecular formula is C21H26ClN5O2. The second-order valence-electron chi connectivity index (χ2n) is 6.84. The molecule has 2 aromatic rings.